The first-order valence-corrected chi connectivity index (χ1v) is 9.59. The van der Waals surface area contributed by atoms with Crippen molar-refractivity contribution in [1.29, 1.82) is 0 Å². The molecule has 0 bridgehead atoms. The molecule has 0 atom stereocenters. The minimum atomic E-state index is -0.351. The Morgan fingerprint density at radius 1 is 0.966 bits per heavy atom. The summed E-state index contributed by atoms with van der Waals surface area (Å²) in [6, 6.07) is 15.7. The van der Waals surface area contributed by atoms with Crippen molar-refractivity contribution >= 4 is 16.8 Å². The summed E-state index contributed by atoms with van der Waals surface area (Å²) in [5.41, 5.74) is 3.65. The number of ketones is 1. The average Bonchev–Trinajstić information content (AvgIpc) is 3.15. The van der Waals surface area contributed by atoms with Crippen LogP contribution >= 0.6 is 0 Å². The molecule has 2 aromatic heterocycles. The second-order valence-corrected chi connectivity index (χ2v) is 7.10. The van der Waals surface area contributed by atoms with Crippen molar-refractivity contribution in [2.24, 2.45) is 0 Å². The molecular weight excluding hydrogens is 369 g/mol. The molecule has 0 aliphatic rings. The van der Waals surface area contributed by atoms with Crippen LogP contribution in [-0.4, -0.2) is 19.5 Å². The van der Waals surface area contributed by atoms with Gasteiger partial charge in [0.1, 0.15) is 5.82 Å². The number of benzene rings is 2. The SMILES string of the molecule is CCn1c(=O)n(CC(=O)c2cc(C)n(-c3ccccc3F)c2C)c2ccccc21. The van der Waals surface area contributed by atoms with Gasteiger partial charge in [0, 0.05) is 23.5 Å². The maximum Gasteiger partial charge on any atom is 0.329 e. The minimum Gasteiger partial charge on any atom is -0.315 e. The van der Waals surface area contributed by atoms with E-state index in [2.05, 4.69) is 0 Å². The minimum absolute atomic E-state index is 0.0616. The molecule has 0 saturated heterocycles. The first-order chi connectivity index (χ1) is 13.9. The summed E-state index contributed by atoms with van der Waals surface area (Å²) in [5, 5.41) is 0. The Hall–Kier alpha value is -3.41. The van der Waals surface area contributed by atoms with Gasteiger partial charge in [-0.05, 0) is 51.1 Å². The van der Waals surface area contributed by atoms with E-state index in [-0.39, 0.29) is 23.8 Å². The average molecular weight is 391 g/mol. The van der Waals surface area contributed by atoms with Gasteiger partial charge in [0.05, 0.1) is 23.3 Å². The number of para-hydroxylation sites is 3. The summed E-state index contributed by atoms with van der Waals surface area (Å²) >= 11 is 0. The van der Waals surface area contributed by atoms with Gasteiger partial charge in [0.2, 0.25) is 0 Å². The summed E-state index contributed by atoms with van der Waals surface area (Å²) in [7, 11) is 0. The number of fused-ring (bicyclic) bond motifs is 1. The normalized spacial score (nSPS) is 11.3. The molecule has 0 spiro atoms. The fourth-order valence-corrected chi connectivity index (χ4v) is 4.01. The predicted octanol–water partition coefficient (Wildman–Crippen LogP) is 4.25. The fourth-order valence-electron chi connectivity index (χ4n) is 4.01. The van der Waals surface area contributed by atoms with Gasteiger partial charge in [0.15, 0.2) is 5.78 Å². The van der Waals surface area contributed by atoms with Crippen LogP contribution in [0.15, 0.2) is 59.4 Å². The van der Waals surface area contributed by atoms with Crippen molar-refractivity contribution in [3.8, 4) is 5.69 Å². The number of carbonyl (C=O) groups is 1. The third kappa shape index (κ3) is 3.01. The Labute approximate surface area is 167 Å². The number of imidazole rings is 1. The zero-order valence-electron chi connectivity index (χ0n) is 16.6. The molecule has 0 amide bonds. The maximum absolute atomic E-state index is 14.3. The van der Waals surface area contributed by atoms with E-state index < -0.39 is 0 Å². The zero-order valence-corrected chi connectivity index (χ0v) is 16.6. The molecule has 0 saturated carbocycles. The Kier molecular flexibility index (Phi) is 4.70. The molecule has 0 unspecified atom stereocenters. The summed E-state index contributed by atoms with van der Waals surface area (Å²) in [6.45, 7) is 6.01. The molecule has 0 fully saturated rings. The number of Topliss-reactive ketones (excluding diaryl/α,β-unsaturated/α-hetero) is 1. The van der Waals surface area contributed by atoms with Crippen LogP contribution in [-0.2, 0) is 13.1 Å². The lowest BCUT2D eigenvalue weighted by Crippen LogP contribution is -2.26. The van der Waals surface area contributed by atoms with Gasteiger partial charge in [-0.15, -0.1) is 0 Å². The molecule has 0 radical (unpaired) electrons. The van der Waals surface area contributed by atoms with Crippen molar-refractivity contribution in [3.63, 3.8) is 0 Å². The van der Waals surface area contributed by atoms with E-state index in [1.807, 2.05) is 38.1 Å². The second kappa shape index (κ2) is 7.20. The second-order valence-electron chi connectivity index (χ2n) is 7.10. The molecule has 5 nitrogen and oxygen atoms in total. The van der Waals surface area contributed by atoms with Crippen LogP contribution in [0.1, 0.15) is 28.7 Å². The van der Waals surface area contributed by atoms with E-state index in [1.54, 1.807) is 40.3 Å². The highest BCUT2D eigenvalue weighted by atomic mass is 19.1. The summed E-state index contributed by atoms with van der Waals surface area (Å²) in [6.07, 6.45) is 0. The third-order valence-corrected chi connectivity index (χ3v) is 5.37. The van der Waals surface area contributed by atoms with Crippen molar-refractivity contribution in [3.05, 3.63) is 87.9 Å². The van der Waals surface area contributed by atoms with Crippen LogP contribution in [0.2, 0.25) is 0 Å². The highest BCUT2D eigenvalue weighted by Gasteiger charge is 2.21. The van der Waals surface area contributed by atoms with Crippen LogP contribution in [0.25, 0.3) is 16.7 Å². The van der Waals surface area contributed by atoms with Crippen molar-refractivity contribution in [1.82, 2.24) is 13.7 Å². The standard InChI is InChI=1S/C23H22FN3O2/c1-4-25-20-11-7-8-12-21(20)26(23(25)29)14-22(28)17-13-15(2)27(16(17)3)19-10-6-5-9-18(19)24/h5-13H,4,14H2,1-3H3. The van der Waals surface area contributed by atoms with E-state index in [1.165, 1.54) is 10.6 Å². The topological polar surface area (TPSA) is 48.9 Å². The van der Waals surface area contributed by atoms with Crippen molar-refractivity contribution < 1.29 is 9.18 Å². The van der Waals surface area contributed by atoms with Crippen LogP contribution < -0.4 is 5.69 Å². The van der Waals surface area contributed by atoms with Gasteiger partial charge in [-0.2, -0.15) is 0 Å². The molecular formula is C23H22FN3O2. The molecule has 2 aromatic carbocycles. The number of halogens is 1. The highest BCUT2D eigenvalue weighted by molar-refractivity contribution is 5.98. The van der Waals surface area contributed by atoms with E-state index in [0.717, 1.165) is 16.7 Å². The van der Waals surface area contributed by atoms with Gasteiger partial charge in [0.25, 0.3) is 0 Å². The molecule has 6 heteroatoms. The number of aryl methyl sites for hydroxylation is 2. The first-order valence-electron chi connectivity index (χ1n) is 9.59. The molecule has 4 aromatic rings. The molecule has 2 heterocycles. The number of hydrogen-bond acceptors (Lipinski definition) is 2. The lowest BCUT2D eigenvalue weighted by atomic mass is 10.1. The summed E-state index contributed by atoms with van der Waals surface area (Å²) in [5.74, 6) is -0.530. The molecule has 0 aliphatic carbocycles. The Morgan fingerprint density at radius 3 is 2.24 bits per heavy atom. The van der Waals surface area contributed by atoms with Gasteiger partial charge >= 0.3 is 5.69 Å². The highest BCUT2D eigenvalue weighted by Crippen LogP contribution is 2.24. The fraction of sp³-hybridized carbons (Fsp3) is 0.217. The van der Waals surface area contributed by atoms with E-state index in [9.17, 15) is 14.0 Å². The van der Waals surface area contributed by atoms with Gasteiger partial charge < -0.3 is 4.57 Å². The largest absolute Gasteiger partial charge is 0.329 e. The maximum atomic E-state index is 14.3. The first kappa shape index (κ1) is 18.9. The van der Waals surface area contributed by atoms with E-state index in [4.69, 9.17) is 0 Å². The number of carbonyl (C=O) groups excluding carboxylic acids is 1. The van der Waals surface area contributed by atoms with Gasteiger partial charge in [-0.3, -0.25) is 13.9 Å². The van der Waals surface area contributed by atoms with Crippen LogP contribution in [0.3, 0.4) is 0 Å². The third-order valence-electron chi connectivity index (χ3n) is 5.37. The van der Waals surface area contributed by atoms with Crippen LogP contribution in [0, 0.1) is 19.7 Å². The molecule has 4 rings (SSSR count). The van der Waals surface area contributed by atoms with Gasteiger partial charge in [-0.1, -0.05) is 24.3 Å². The van der Waals surface area contributed by atoms with E-state index in [0.29, 0.717) is 23.5 Å². The predicted molar refractivity (Wildman–Crippen MR) is 111 cm³/mol. The monoisotopic (exact) mass is 391 g/mol. The number of nitrogens with zero attached hydrogens (tertiary/aromatic N) is 3. The summed E-state index contributed by atoms with van der Waals surface area (Å²) in [4.78, 5) is 26.0. The number of hydrogen-bond donors (Lipinski definition) is 0. The Morgan fingerprint density at radius 2 is 1.59 bits per heavy atom. The molecule has 29 heavy (non-hydrogen) atoms. The lowest BCUT2D eigenvalue weighted by Gasteiger charge is -2.11. The lowest BCUT2D eigenvalue weighted by molar-refractivity contribution is 0.0971. The molecule has 148 valence electrons. The van der Waals surface area contributed by atoms with E-state index >= 15 is 0 Å². The number of aromatic nitrogens is 3. The smallest absolute Gasteiger partial charge is 0.315 e. The molecule has 0 aliphatic heterocycles. The Bertz CT molecular complexity index is 1290. The molecule has 0 N–H and O–H groups in total. The number of rotatable bonds is 5. The zero-order chi connectivity index (χ0) is 20.7. The van der Waals surface area contributed by atoms with Crippen LogP contribution in [0.4, 0.5) is 4.39 Å². The summed E-state index contributed by atoms with van der Waals surface area (Å²) < 4.78 is 19.2. The quantitative estimate of drug-likeness (QED) is 0.478. The van der Waals surface area contributed by atoms with Crippen LogP contribution in [0.5, 0.6) is 0 Å². The van der Waals surface area contributed by atoms with Crippen molar-refractivity contribution in [2.75, 3.05) is 0 Å². The van der Waals surface area contributed by atoms with Gasteiger partial charge in [-0.25, -0.2) is 9.18 Å². The Balaban J connectivity index is 1.78. The van der Waals surface area contributed by atoms with Crippen molar-refractivity contribution in [2.45, 2.75) is 33.9 Å².